The fraction of sp³-hybridized carbons (Fsp3) is 0.0476. The number of ether oxygens (including phenoxy) is 1. The van der Waals surface area contributed by atoms with Gasteiger partial charge in [0.25, 0.3) is 5.91 Å². The van der Waals surface area contributed by atoms with E-state index in [0.717, 1.165) is 17.9 Å². The van der Waals surface area contributed by atoms with Gasteiger partial charge in [-0.25, -0.2) is 8.78 Å². The van der Waals surface area contributed by atoms with Crippen LogP contribution in [-0.2, 0) is 0 Å². The van der Waals surface area contributed by atoms with Crippen LogP contribution in [0.25, 0.3) is 21.9 Å². The van der Waals surface area contributed by atoms with E-state index in [9.17, 15) is 22.4 Å². The zero-order valence-corrected chi connectivity index (χ0v) is 16.5. The molecule has 5 nitrogen and oxygen atoms in total. The zero-order chi connectivity index (χ0) is 22.3. The SMILES string of the molecule is COc1c(F)c(F)c(C(=O)NC(=S)Nc2ccc3c(c2)oc2ccccc23)c(F)c1F. The summed E-state index contributed by atoms with van der Waals surface area (Å²) in [6.45, 7) is 0. The van der Waals surface area contributed by atoms with Crippen molar-refractivity contribution >= 4 is 50.9 Å². The van der Waals surface area contributed by atoms with Gasteiger partial charge in [0.15, 0.2) is 22.5 Å². The lowest BCUT2D eigenvalue weighted by atomic mass is 10.1. The number of carbonyl (C=O) groups is 1. The van der Waals surface area contributed by atoms with Gasteiger partial charge in [-0.3, -0.25) is 10.1 Å². The number of amides is 1. The van der Waals surface area contributed by atoms with Crippen LogP contribution in [0.2, 0.25) is 0 Å². The lowest BCUT2D eigenvalue weighted by molar-refractivity contribution is 0.0966. The summed E-state index contributed by atoms with van der Waals surface area (Å²) in [6.07, 6.45) is 0. The first-order chi connectivity index (χ1) is 14.8. The van der Waals surface area contributed by atoms with Gasteiger partial charge in [0.1, 0.15) is 16.7 Å². The molecule has 31 heavy (non-hydrogen) atoms. The molecule has 0 bridgehead atoms. The van der Waals surface area contributed by atoms with E-state index in [-0.39, 0.29) is 5.11 Å². The number of hydrogen-bond acceptors (Lipinski definition) is 4. The first kappa shape index (κ1) is 20.6. The minimum absolute atomic E-state index is 0.351. The summed E-state index contributed by atoms with van der Waals surface area (Å²) < 4.78 is 65.9. The van der Waals surface area contributed by atoms with E-state index < -0.39 is 40.5 Å². The molecule has 0 aliphatic rings. The van der Waals surface area contributed by atoms with Crippen molar-refractivity contribution in [3.63, 3.8) is 0 Å². The number of anilines is 1. The molecule has 4 rings (SSSR count). The van der Waals surface area contributed by atoms with Crippen LogP contribution in [0, 0.1) is 23.3 Å². The summed E-state index contributed by atoms with van der Waals surface area (Å²) in [6, 6.07) is 12.4. The number of hydrogen-bond donors (Lipinski definition) is 2. The second kappa shape index (κ2) is 7.88. The molecule has 0 saturated heterocycles. The van der Waals surface area contributed by atoms with Crippen LogP contribution in [0.3, 0.4) is 0 Å². The van der Waals surface area contributed by atoms with Crippen LogP contribution in [0.4, 0.5) is 23.2 Å². The number of thiocarbonyl (C=S) groups is 1. The Balaban J connectivity index is 1.56. The number of rotatable bonds is 3. The molecule has 0 spiro atoms. The smallest absolute Gasteiger partial charge is 0.263 e. The standard InChI is InChI=1S/C21H12F4N2O3S/c1-29-19-17(24)15(22)14(16(23)18(19)25)20(28)27-21(31)26-9-6-7-11-10-4-2-3-5-12(10)30-13(11)8-9/h2-8H,1H3,(H2,26,27,28,31). The third-order valence-corrected chi connectivity index (χ3v) is 4.72. The van der Waals surface area contributed by atoms with Gasteiger partial charge < -0.3 is 14.5 Å². The Hall–Kier alpha value is -3.66. The number of benzene rings is 3. The molecule has 2 N–H and O–H groups in total. The fourth-order valence-corrected chi connectivity index (χ4v) is 3.33. The summed E-state index contributed by atoms with van der Waals surface area (Å²) in [4.78, 5) is 12.2. The van der Waals surface area contributed by atoms with E-state index in [1.54, 1.807) is 18.2 Å². The summed E-state index contributed by atoms with van der Waals surface area (Å²) in [5, 5.41) is 6.05. The second-order valence-electron chi connectivity index (χ2n) is 6.38. The molecule has 0 fully saturated rings. The molecule has 1 amide bonds. The second-order valence-corrected chi connectivity index (χ2v) is 6.79. The number of nitrogens with one attached hydrogen (secondary N) is 2. The minimum atomic E-state index is -1.90. The van der Waals surface area contributed by atoms with E-state index in [1.165, 1.54) is 0 Å². The largest absolute Gasteiger partial charge is 0.491 e. The quantitative estimate of drug-likeness (QED) is 0.254. The molecule has 3 aromatic carbocycles. The highest BCUT2D eigenvalue weighted by Gasteiger charge is 2.30. The van der Waals surface area contributed by atoms with Crippen molar-refractivity contribution in [1.29, 1.82) is 0 Å². The number of furan rings is 1. The van der Waals surface area contributed by atoms with Gasteiger partial charge in [-0.1, -0.05) is 18.2 Å². The number of para-hydroxylation sites is 1. The van der Waals surface area contributed by atoms with E-state index in [0.29, 0.717) is 16.9 Å². The Kier molecular flexibility index (Phi) is 5.24. The highest BCUT2D eigenvalue weighted by atomic mass is 32.1. The summed E-state index contributed by atoms with van der Waals surface area (Å²) in [5.41, 5.74) is 0.161. The Labute approximate surface area is 177 Å². The van der Waals surface area contributed by atoms with E-state index >= 15 is 0 Å². The van der Waals surface area contributed by atoms with Gasteiger partial charge in [0, 0.05) is 22.5 Å². The predicted molar refractivity (Wildman–Crippen MR) is 110 cm³/mol. The average molecular weight is 448 g/mol. The van der Waals surface area contributed by atoms with Crippen molar-refractivity contribution in [2.24, 2.45) is 0 Å². The van der Waals surface area contributed by atoms with Crippen LogP contribution in [0.1, 0.15) is 10.4 Å². The number of carbonyl (C=O) groups excluding carboxylic acids is 1. The minimum Gasteiger partial charge on any atom is -0.491 e. The van der Waals surface area contributed by atoms with Crippen molar-refractivity contribution in [3.05, 3.63) is 71.3 Å². The highest BCUT2D eigenvalue weighted by molar-refractivity contribution is 7.80. The maximum Gasteiger partial charge on any atom is 0.263 e. The third-order valence-electron chi connectivity index (χ3n) is 4.52. The van der Waals surface area contributed by atoms with Crippen molar-refractivity contribution in [2.45, 2.75) is 0 Å². The topological polar surface area (TPSA) is 63.5 Å². The Bertz CT molecular complexity index is 1340. The summed E-state index contributed by atoms with van der Waals surface area (Å²) in [7, 11) is 0.831. The molecule has 0 aliphatic carbocycles. The first-order valence-corrected chi connectivity index (χ1v) is 9.16. The molecule has 0 unspecified atom stereocenters. The summed E-state index contributed by atoms with van der Waals surface area (Å²) in [5.74, 6) is -10.2. The van der Waals surface area contributed by atoms with Gasteiger partial charge in [0.2, 0.25) is 11.6 Å². The molecule has 158 valence electrons. The molecule has 4 aromatic rings. The Morgan fingerprint density at radius 2 is 1.58 bits per heavy atom. The van der Waals surface area contributed by atoms with E-state index in [2.05, 4.69) is 10.1 Å². The van der Waals surface area contributed by atoms with Gasteiger partial charge in [-0.15, -0.1) is 0 Å². The number of halogens is 4. The molecule has 0 atom stereocenters. The Morgan fingerprint density at radius 3 is 2.26 bits per heavy atom. The van der Waals surface area contributed by atoms with Gasteiger partial charge >= 0.3 is 0 Å². The fourth-order valence-electron chi connectivity index (χ4n) is 3.12. The van der Waals surface area contributed by atoms with Crippen LogP contribution < -0.4 is 15.4 Å². The van der Waals surface area contributed by atoms with Crippen molar-refractivity contribution in [3.8, 4) is 5.75 Å². The molecular weight excluding hydrogens is 436 g/mol. The molecule has 0 aliphatic heterocycles. The van der Waals surface area contributed by atoms with E-state index in [1.807, 2.05) is 29.6 Å². The van der Waals surface area contributed by atoms with Crippen LogP contribution >= 0.6 is 12.2 Å². The Morgan fingerprint density at radius 1 is 0.935 bits per heavy atom. The molecule has 1 aromatic heterocycles. The normalized spacial score (nSPS) is 11.0. The molecule has 0 radical (unpaired) electrons. The average Bonchev–Trinajstić information content (AvgIpc) is 3.10. The van der Waals surface area contributed by atoms with Crippen LogP contribution in [-0.4, -0.2) is 18.1 Å². The van der Waals surface area contributed by atoms with Crippen LogP contribution in [0.5, 0.6) is 5.75 Å². The lowest BCUT2D eigenvalue weighted by Gasteiger charge is -2.12. The number of methoxy groups -OCH3 is 1. The zero-order valence-electron chi connectivity index (χ0n) is 15.7. The molecule has 10 heteroatoms. The maximum absolute atomic E-state index is 14.1. The van der Waals surface area contributed by atoms with Crippen molar-refractivity contribution in [1.82, 2.24) is 5.32 Å². The lowest BCUT2D eigenvalue weighted by Crippen LogP contribution is -2.35. The molecule has 0 saturated carbocycles. The predicted octanol–water partition coefficient (Wildman–Crippen LogP) is 5.28. The molecule has 1 heterocycles. The summed E-state index contributed by atoms with van der Waals surface area (Å²) >= 11 is 4.97. The van der Waals surface area contributed by atoms with Gasteiger partial charge in [-0.05, 0) is 30.4 Å². The van der Waals surface area contributed by atoms with E-state index in [4.69, 9.17) is 16.6 Å². The first-order valence-electron chi connectivity index (χ1n) is 8.75. The monoisotopic (exact) mass is 448 g/mol. The van der Waals surface area contributed by atoms with Crippen LogP contribution in [0.15, 0.2) is 46.9 Å². The maximum atomic E-state index is 14.1. The van der Waals surface area contributed by atoms with Crippen molar-refractivity contribution in [2.75, 3.05) is 12.4 Å². The third kappa shape index (κ3) is 3.55. The highest BCUT2D eigenvalue weighted by Crippen LogP contribution is 2.31. The van der Waals surface area contributed by atoms with Crippen molar-refractivity contribution < 1.29 is 31.5 Å². The number of fused-ring (bicyclic) bond motifs is 3. The molecular formula is C21H12F4N2O3S. The van der Waals surface area contributed by atoms with Gasteiger partial charge in [-0.2, -0.15) is 8.78 Å². The van der Waals surface area contributed by atoms with Gasteiger partial charge in [0.05, 0.1) is 7.11 Å².